The van der Waals surface area contributed by atoms with E-state index in [2.05, 4.69) is 592 Å². The van der Waals surface area contributed by atoms with Gasteiger partial charge in [0.15, 0.2) is 40.4 Å². The zero-order chi connectivity index (χ0) is 97.9. The second-order valence-corrected chi connectivity index (χ2v) is 58.2. The molecule has 0 aliphatic carbocycles. The lowest BCUT2D eigenvalue weighted by Gasteiger charge is -2.42. The van der Waals surface area contributed by atoms with E-state index in [-0.39, 0.29) is 0 Å². The first kappa shape index (κ1) is 87.9. The maximum atomic E-state index is 7.61. The second kappa shape index (κ2) is 35.9. The molecular formula is C138H96N2O3Si5. The highest BCUT2D eigenvalue weighted by atomic mass is 28.3. The summed E-state index contributed by atoms with van der Waals surface area (Å²) in [5, 5.41) is 30.2. The molecule has 3 aliphatic rings. The number of fused-ring (bicyclic) bond motifs is 12. The van der Waals surface area contributed by atoms with Crippen molar-refractivity contribution in [3.8, 4) is 79.3 Å². The predicted octanol–water partition coefficient (Wildman–Crippen LogP) is 20.1. The van der Waals surface area contributed by atoms with Gasteiger partial charge in [0.05, 0.1) is 22.1 Å². The highest BCUT2D eigenvalue weighted by Gasteiger charge is 2.55. The SMILES string of the molecule is c1ccc([Si](c2ccccc2)(c2ccccc2)c2ccc3c(c2)[Si](c2ccccc2)(c2ccccc2)c2cc([Si](c4ccccc4)(c4ccccc4)c4ccc(-c5ccc6c(c5)c5ccccc5n6-c5ccc6c(c5)[Si](c5ccccc5)(c5ccccc5)c5cc(-c7cccc(-c8ccc9c(c8)[Si](c8ccccc8)(c8ccccc8)c8cc(-n%10c%11ccccc%11c%11ccccc%11%10)ccc8O9)c7)ccc5O6)cc4)ccc2O3)cc1. The number of hydrogen-bond acceptors (Lipinski definition) is 3. The number of hydrogen-bond donors (Lipinski definition) is 0. The normalized spacial score (nSPS) is 13.5. The van der Waals surface area contributed by atoms with Crippen molar-refractivity contribution in [2.24, 2.45) is 0 Å². The van der Waals surface area contributed by atoms with Crippen LogP contribution in [0.15, 0.2) is 582 Å². The van der Waals surface area contributed by atoms with Crippen LogP contribution in [-0.4, -0.2) is 49.5 Å². The zero-order valence-electron chi connectivity index (χ0n) is 81.0. The number of benzene rings is 23. The molecule has 0 spiro atoms. The van der Waals surface area contributed by atoms with Gasteiger partial charge >= 0.3 is 0 Å². The Morgan fingerprint density at radius 2 is 0.365 bits per heavy atom. The minimum Gasteiger partial charge on any atom is -0.458 e. The van der Waals surface area contributed by atoms with E-state index in [9.17, 15) is 0 Å². The van der Waals surface area contributed by atoms with Crippen LogP contribution < -0.4 is 118 Å². The van der Waals surface area contributed by atoms with Crippen LogP contribution in [0.4, 0.5) is 0 Å². The quantitative estimate of drug-likeness (QED) is 0.0598. The van der Waals surface area contributed by atoms with Gasteiger partial charge < -0.3 is 23.3 Å². The van der Waals surface area contributed by atoms with Crippen LogP contribution in [0.3, 0.4) is 0 Å². The first-order valence-electron chi connectivity index (χ1n) is 51.1. The molecule has 5 heterocycles. The van der Waals surface area contributed by atoms with Gasteiger partial charge in [-0.1, -0.05) is 485 Å². The van der Waals surface area contributed by atoms with Gasteiger partial charge in [-0.15, -0.1) is 0 Å². The van der Waals surface area contributed by atoms with Crippen LogP contribution in [0.1, 0.15) is 0 Å². The van der Waals surface area contributed by atoms with E-state index in [1.165, 1.54) is 136 Å². The second-order valence-electron chi connectivity index (χ2n) is 39.4. The standard InChI is InChI=1S/C138H96N2O3Si5/c1-12-43-105(44-13-1)144(106-45-14-2-15-46-106,107-47-16-3-17-48-107)117-80-87-131-137(95-117)148(114-61-30-10-31-62-114,115-63-32-11-33-64-115)138-96-118(81-88-132(138)143-131)145(108-49-18-4-19-50-108,109-51-20-5-21-52-109)116-78-71-97(72-79-116)100-73-82-126-122(90-100)121-67-36-39-70-125(121)140(126)104-77-86-130-136(94-104)147(112-57-26-8-27-58-112,113-59-28-9-29-60-113)134-92-102(75-84-128(134)142-130)99-42-40-41-98(89-99)101-74-83-127-133(91-101)146(110-53-22-6-23-54-110,111-55-24-7-25-56-111)135-93-103(76-85-129(135)141-127)139-123-68-37-34-65-119(123)120-66-35-38-69-124(120)139/h1-96H. The molecule has 0 atom stereocenters. The maximum absolute atomic E-state index is 7.61. The first-order chi connectivity index (χ1) is 73.4. The average Bonchev–Trinajstić information content (AvgIpc) is 0.741. The first-order valence-corrected chi connectivity index (χ1v) is 61.1. The van der Waals surface area contributed by atoms with Crippen LogP contribution in [0.25, 0.3) is 88.4 Å². The number of ether oxygens (including phenoxy) is 3. The number of rotatable bonds is 19. The maximum Gasteiger partial charge on any atom is 0.188 e. The molecule has 2 aromatic heterocycles. The van der Waals surface area contributed by atoms with Gasteiger partial charge in [0.25, 0.3) is 0 Å². The highest BCUT2D eigenvalue weighted by Crippen LogP contribution is 2.43. The van der Waals surface area contributed by atoms with Crippen molar-refractivity contribution < 1.29 is 14.2 Å². The summed E-state index contributed by atoms with van der Waals surface area (Å²) in [5.41, 5.74) is 13.5. The summed E-state index contributed by atoms with van der Waals surface area (Å²) in [6, 6.07) is 220. The van der Waals surface area contributed by atoms with Crippen LogP contribution in [0.5, 0.6) is 34.5 Å². The lowest BCUT2D eigenvalue weighted by molar-refractivity contribution is 0.487. The molecular weight excluding hydrogens is 1870 g/mol. The van der Waals surface area contributed by atoms with Gasteiger partial charge in [-0.3, -0.25) is 0 Å². The zero-order valence-corrected chi connectivity index (χ0v) is 86.0. The summed E-state index contributed by atoms with van der Waals surface area (Å²) in [5.74, 6) is 5.28. The third-order valence-electron chi connectivity index (χ3n) is 32.0. The van der Waals surface area contributed by atoms with E-state index in [0.717, 1.165) is 90.3 Å². The van der Waals surface area contributed by atoms with Crippen molar-refractivity contribution in [1.82, 2.24) is 9.13 Å². The molecule has 0 bridgehead atoms. The van der Waals surface area contributed by atoms with Gasteiger partial charge in [0.2, 0.25) is 0 Å². The van der Waals surface area contributed by atoms with Gasteiger partial charge in [0, 0.05) is 32.9 Å². The summed E-state index contributed by atoms with van der Waals surface area (Å²) in [6.45, 7) is 0. The summed E-state index contributed by atoms with van der Waals surface area (Å²) >= 11 is 0. The van der Waals surface area contributed by atoms with Crippen LogP contribution in [0, 0.1) is 0 Å². The molecule has 0 unspecified atom stereocenters. The summed E-state index contributed by atoms with van der Waals surface area (Å²) in [7, 11) is -16.4. The van der Waals surface area contributed by atoms with Crippen molar-refractivity contribution in [2.75, 3.05) is 0 Å². The predicted molar refractivity (Wildman–Crippen MR) is 630 cm³/mol. The van der Waals surface area contributed by atoms with E-state index in [4.69, 9.17) is 14.2 Å². The molecule has 28 rings (SSSR count). The van der Waals surface area contributed by atoms with Crippen LogP contribution in [-0.2, 0) is 0 Å². The van der Waals surface area contributed by atoms with Crippen molar-refractivity contribution in [2.45, 2.75) is 0 Å². The largest absolute Gasteiger partial charge is 0.458 e. The minimum absolute atomic E-state index is 0.862. The van der Waals surface area contributed by atoms with Crippen molar-refractivity contribution in [3.63, 3.8) is 0 Å². The Morgan fingerprint density at radius 3 is 0.689 bits per heavy atom. The molecule has 0 saturated heterocycles. The van der Waals surface area contributed by atoms with E-state index in [1.807, 2.05) is 0 Å². The fourth-order valence-electron chi connectivity index (χ4n) is 25.7. The lowest BCUT2D eigenvalue weighted by atomic mass is 9.99. The van der Waals surface area contributed by atoms with E-state index < -0.39 is 40.4 Å². The minimum atomic E-state index is -3.42. The smallest absolute Gasteiger partial charge is 0.188 e. The summed E-state index contributed by atoms with van der Waals surface area (Å²) < 4.78 is 27.3. The van der Waals surface area contributed by atoms with Crippen LogP contribution >= 0.6 is 0 Å². The molecule has 0 saturated carbocycles. The fraction of sp³-hybridized carbons (Fsp3) is 0. The molecule has 0 radical (unpaired) electrons. The Balaban J connectivity index is 0.562. The Morgan fingerprint density at radius 1 is 0.142 bits per heavy atom. The molecule has 696 valence electrons. The van der Waals surface area contributed by atoms with Gasteiger partial charge in [-0.2, -0.15) is 0 Å². The molecule has 23 aromatic carbocycles. The van der Waals surface area contributed by atoms with E-state index in [0.29, 0.717) is 0 Å². The monoisotopic (exact) mass is 1970 g/mol. The van der Waals surface area contributed by atoms with Gasteiger partial charge in [-0.05, 0) is 234 Å². The third-order valence-corrected chi connectivity index (χ3v) is 56.0. The van der Waals surface area contributed by atoms with Crippen molar-refractivity contribution >= 4 is 188 Å². The Bertz CT molecular complexity index is 9110. The highest BCUT2D eigenvalue weighted by molar-refractivity contribution is 7.24. The van der Waals surface area contributed by atoms with Gasteiger partial charge in [0.1, 0.15) is 34.5 Å². The molecule has 0 amide bonds. The van der Waals surface area contributed by atoms with Crippen LogP contribution in [0.2, 0.25) is 0 Å². The molecule has 25 aromatic rings. The number of aromatic nitrogens is 2. The third kappa shape index (κ3) is 13.6. The van der Waals surface area contributed by atoms with Gasteiger partial charge in [-0.25, -0.2) is 0 Å². The van der Waals surface area contributed by atoms with E-state index >= 15 is 0 Å². The lowest BCUT2D eigenvalue weighted by Crippen LogP contribution is -2.80. The average molecular weight is 1970 g/mol. The summed E-state index contributed by atoms with van der Waals surface area (Å²) in [6.07, 6.45) is 0. The number of para-hydroxylation sites is 3. The molecule has 0 N–H and O–H groups in total. The molecule has 148 heavy (non-hydrogen) atoms. The molecule has 5 nitrogen and oxygen atoms in total. The molecule has 0 fully saturated rings. The molecule has 3 aliphatic heterocycles. The molecule has 10 heteroatoms. The Hall–Kier alpha value is -17.9. The van der Waals surface area contributed by atoms with E-state index in [1.54, 1.807) is 0 Å². The van der Waals surface area contributed by atoms with Crippen molar-refractivity contribution in [3.05, 3.63) is 582 Å². The fourth-order valence-corrected chi connectivity index (χ4v) is 50.5. The Labute approximate surface area is 865 Å². The summed E-state index contributed by atoms with van der Waals surface area (Å²) in [4.78, 5) is 0. The topological polar surface area (TPSA) is 37.5 Å². The van der Waals surface area contributed by atoms with Crippen molar-refractivity contribution in [1.29, 1.82) is 0 Å². The number of nitrogens with zero attached hydrogens (tertiary/aromatic N) is 2. The Kier molecular flexibility index (Phi) is 21.3.